The molecule has 0 aromatic heterocycles. The summed E-state index contributed by atoms with van der Waals surface area (Å²) in [6, 6.07) is 5.88. The summed E-state index contributed by atoms with van der Waals surface area (Å²) in [4.78, 5) is 12.2. The Hall–Kier alpha value is -1.16. The molecule has 1 fully saturated rings. The predicted octanol–water partition coefficient (Wildman–Crippen LogP) is 2.91. The van der Waals surface area contributed by atoms with Gasteiger partial charge in [-0.15, -0.1) is 0 Å². The van der Waals surface area contributed by atoms with Crippen LogP contribution in [0.5, 0.6) is 0 Å². The molecule has 1 aromatic carbocycles. The van der Waals surface area contributed by atoms with Gasteiger partial charge in [0.15, 0.2) is 0 Å². The van der Waals surface area contributed by atoms with Gasteiger partial charge in [0.25, 0.3) is 5.91 Å². The van der Waals surface area contributed by atoms with Crippen molar-refractivity contribution < 1.29 is 4.79 Å². The van der Waals surface area contributed by atoms with Crippen molar-refractivity contribution in [1.29, 1.82) is 0 Å². The summed E-state index contributed by atoms with van der Waals surface area (Å²) in [6.07, 6.45) is 2.44. The molecule has 1 aliphatic rings. The average molecular weight is 278 g/mol. The van der Waals surface area contributed by atoms with Gasteiger partial charge in [-0.3, -0.25) is 4.79 Å². The first-order valence-corrected chi connectivity index (χ1v) is 8.00. The lowest BCUT2D eigenvalue weighted by atomic mass is 10.0. The SMILES string of the molecule is CNc1cc(C)ccc1C(=O)NCC1CCSCC1. The standard InChI is InChI=1S/C15H22N2OS/c1-11-3-4-13(14(9-11)16-2)15(18)17-10-12-5-7-19-8-6-12/h3-4,9,12,16H,5-8,10H2,1-2H3,(H,17,18). The number of nitrogens with one attached hydrogen (secondary N) is 2. The lowest BCUT2D eigenvalue weighted by Crippen LogP contribution is -2.31. The highest BCUT2D eigenvalue weighted by atomic mass is 32.2. The summed E-state index contributed by atoms with van der Waals surface area (Å²) in [5, 5.41) is 6.17. The maximum atomic E-state index is 12.2. The maximum Gasteiger partial charge on any atom is 0.253 e. The molecular formula is C15H22N2OS. The van der Waals surface area contributed by atoms with Gasteiger partial charge in [0.2, 0.25) is 0 Å². The molecule has 1 heterocycles. The Kier molecular flexibility index (Phi) is 5.14. The van der Waals surface area contributed by atoms with Crippen LogP contribution in [0.1, 0.15) is 28.8 Å². The number of hydrogen-bond acceptors (Lipinski definition) is 3. The molecule has 2 N–H and O–H groups in total. The fourth-order valence-electron chi connectivity index (χ4n) is 2.35. The highest BCUT2D eigenvalue weighted by molar-refractivity contribution is 7.99. The average Bonchev–Trinajstić information content (AvgIpc) is 2.45. The van der Waals surface area contributed by atoms with Crippen molar-refractivity contribution in [3.8, 4) is 0 Å². The van der Waals surface area contributed by atoms with E-state index in [1.54, 1.807) is 0 Å². The first-order valence-electron chi connectivity index (χ1n) is 6.85. The normalized spacial score (nSPS) is 16.1. The quantitative estimate of drug-likeness (QED) is 0.890. The van der Waals surface area contributed by atoms with Crippen LogP contribution < -0.4 is 10.6 Å². The largest absolute Gasteiger partial charge is 0.387 e. The van der Waals surface area contributed by atoms with Crippen LogP contribution in [0, 0.1) is 12.8 Å². The molecule has 1 aliphatic heterocycles. The fourth-order valence-corrected chi connectivity index (χ4v) is 3.55. The van der Waals surface area contributed by atoms with Crippen molar-refractivity contribution >= 4 is 23.4 Å². The zero-order valence-electron chi connectivity index (χ0n) is 11.7. The number of rotatable bonds is 4. The molecule has 0 radical (unpaired) electrons. The minimum Gasteiger partial charge on any atom is -0.387 e. The molecule has 1 amide bonds. The summed E-state index contributed by atoms with van der Waals surface area (Å²) in [6.45, 7) is 2.83. The summed E-state index contributed by atoms with van der Waals surface area (Å²) in [5.41, 5.74) is 2.79. The molecular weight excluding hydrogens is 256 g/mol. The maximum absolute atomic E-state index is 12.2. The van der Waals surface area contributed by atoms with Crippen LogP contribution in [0.3, 0.4) is 0 Å². The van der Waals surface area contributed by atoms with Gasteiger partial charge in [-0.2, -0.15) is 11.8 Å². The topological polar surface area (TPSA) is 41.1 Å². The van der Waals surface area contributed by atoms with Crippen LogP contribution in [-0.4, -0.2) is 31.0 Å². The smallest absolute Gasteiger partial charge is 0.253 e. The molecule has 0 atom stereocenters. The van der Waals surface area contributed by atoms with Crippen LogP contribution in [0.2, 0.25) is 0 Å². The molecule has 0 spiro atoms. The molecule has 1 aromatic rings. The molecule has 0 aliphatic carbocycles. The second-order valence-electron chi connectivity index (χ2n) is 5.06. The van der Waals surface area contributed by atoms with E-state index in [4.69, 9.17) is 0 Å². The van der Waals surface area contributed by atoms with Gasteiger partial charge in [-0.05, 0) is 54.9 Å². The van der Waals surface area contributed by atoms with E-state index >= 15 is 0 Å². The first-order chi connectivity index (χ1) is 9.20. The number of carbonyl (C=O) groups excluding carboxylic acids is 1. The Morgan fingerprint density at radius 2 is 2.11 bits per heavy atom. The first kappa shape index (κ1) is 14.3. The van der Waals surface area contributed by atoms with Crippen molar-refractivity contribution in [3.05, 3.63) is 29.3 Å². The summed E-state index contributed by atoms with van der Waals surface area (Å²) < 4.78 is 0. The summed E-state index contributed by atoms with van der Waals surface area (Å²) >= 11 is 2.01. The second-order valence-corrected chi connectivity index (χ2v) is 6.29. The molecule has 0 saturated carbocycles. The molecule has 104 valence electrons. The van der Waals surface area contributed by atoms with Crippen LogP contribution in [0.4, 0.5) is 5.69 Å². The molecule has 2 rings (SSSR count). The monoisotopic (exact) mass is 278 g/mol. The van der Waals surface area contributed by atoms with Crippen LogP contribution in [0.25, 0.3) is 0 Å². The third-order valence-electron chi connectivity index (χ3n) is 3.58. The number of thioether (sulfide) groups is 1. The van der Waals surface area contributed by atoms with Gasteiger partial charge in [-0.25, -0.2) is 0 Å². The lowest BCUT2D eigenvalue weighted by Gasteiger charge is -2.21. The number of anilines is 1. The minimum atomic E-state index is 0.0302. The molecule has 0 bridgehead atoms. The van der Waals surface area contributed by atoms with E-state index < -0.39 is 0 Å². The Bertz CT molecular complexity index is 442. The summed E-state index contributed by atoms with van der Waals surface area (Å²) in [5.74, 6) is 3.14. The zero-order valence-corrected chi connectivity index (χ0v) is 12.5. The molecule has 1 saturated heterocycles. The van der Waals surface area contributed by atoms with Crippen molar-refractivity contribution in [2.24, 2.45) is 5.92 Å². The van der Waals surface area contributed by atoms with Crippen molar-refractivity contribution in [1.82, 2.24) is 5.32 Å². The van der Waals surface area contributed by atoms with Gasteiger partial charge in [0.05, 0.1) is 5.56 Å². The van der Waals surface area contributed by atoms with E-state index in [1.165, 1.54) is 24.3 Å². The van der Waals surface area contributed by atoms with Crippen molar-refractivity contribution in [2.45, 2.75) is 19.8 Å². The van der Waals surface area contributed by atoms with Crippen LogP contribution in [0.15, 0.2) is 18.2 Å². The van der Waals surface area contributed by atoms with E-state index in [2.05, 4.69) is 10.6 Å². The van der Waals surface area contributed by atoms with Gasteiger partial charge >= 0.3 is 0 Å². The number of aryl methyl sites for hydroxylation is 1. The van der Waals surface area contributed by atoms with Crippen LogP contribution >= 0.6 is 11.8 Å². The Labute approximate surface area is 119 Å². The highest BCUT2D eigenvalue weighted by Crippen LogP contribution is 2.22. The second kappa shape index (κ2) is 6.85. The predicted molar refractivity (Wildman–Crippen MR) is 83.1 cm³/mol. The van der Waals surface area contributed by atoms with Gasteiger partial charge < -0.3 is 10.6 Å². The Morgan fingerprint density at radius 1 is 1.37 bits per heavy atom. The van der Waals surface area contributed by atoms with Gasteiger partial charge in [0, 0.05) is 19.3 Å². The minimum absolute atomic E-state index is 0.0302. The molecule has 3 nitrogen and oxygen atoms in total. The highest BCUT2D eigenvalue weighted by Gasteiger charge is 2.16. The number of carbonyl (C=O) groups is 1. The number of hydrogen-bond donors (Lipinski definition) is 2. The van der Waals surface area contributed by atoms with Crippen LogP contribution in [-0.2, 0) is 0 Å². The molecule has 4 heteroatoms. The van der Waals surface area contributed by atoms with Gasteiger partial charge in [-0.1, -0.05) is 6.07 Å². The number of benzene rings is 1. The van der Waals surface area contributed by atoms with E-state index in [0.29, 0.717) is 5.92 Å². The van der Waals surface area contributed by atoms with Gasteiger partial charge in [0.1, 0.15) is 0 Å². The van der Waals surface area contributed by atoms with E-state index in [9.17, 15) is 4.79 Å². The van der Waals surface area contributed by atoms with Crippen molar-refractivity contribution in [2.75, 3.05) is 30.4 Å². The van der Waals surface area contributed by atoms with E-state index in [1.807, 2.05) is 43.9 Å². The third-order valence-corrected chi connectivity index (χ3v) is 4.63. The molecule has 19 heavy (non-hydrogen) atoms. The number of amides is 1. The Balaban J connectivity index is 1.95. The lowest BCUT2D eigenvalue weighted by molar-refractivity contribution is 0.0947. The molecule has 0 unspecified atom stereocenters. The Morgan fingerprint density at radius 3 is 2.79 bits per heavy atom. The summed E-state index contributed by atoms with van der Waals surface area (Å²) in [7, 11) is 1.85. The van der Waals surface area contributed by atoms with Crippen molar-refractivity contribution in [3.63, 3.8) is 0 Å². The third kappa shape index (κ3) is 3.90. The zero-order chi connectivity index (χ0) is 13.7. The van der Waals surface area contributed by atoms with E-state index in [-0.39, 0.29) is 5.91 Å². The van der Waals surface area contributed by atoms with E-state index in [0.717, 1.165) is 23.4 Å². The fraction of sp³-hybridized carbons (Fsp3) is 0.533.